The number of thiophene rings is 1. The highest BCUT2D eigenvalue weighted by atomic mass is 32.1. The number of anilines is 3. The minimum Gasteiger partial charge on any atom is -0.370 e. The summed E-state index contributed by atoms with van der Waals surface area (Å²) in [6.07, 6.45) is 9.58. The van der Waals surface area contributed by atoms with Crippen molar-refractivity contribution in [1.29, 1.82) is 0 Å². The highest BCUT2D eigenvalue weighted by molar-refractivity contribution is 7.21. The third-order valence-corrected chi connectivity index (χ3v) is 10.3. The molecule has 1 saturated carbocycles. The zero-order chi connectivity index (χ0) is 25.8. The Morgan fingerprint density at radius 3 is 2.53 bits per heavy atom. The van der Waals surface area contributed by atoms with E-state index in [9.17, 15) is 4.79 Å². The molecule has 0 bridgehead atoms. The lowest BCUT2D eigenvalue weighted by molar-refractivity contribution is 0.0701. The molecular weight excluding hydrogens is 496 g/mol. The quantitative estimate of drug-likeness (QED) is 0.544. The summed E-state index contributed by atoms with van der Waals surface area (Å²) < 4.78 is 0.984. The third kappa shape index (κ3) is 4.23. The molecule has 0 aromatic carbocycles. The number of aromatic nitrogens is 3. The van der Waals surface area contributed by atoms with Gasteiger partial charge in [0.05, 0.1) is 33.2 Å². The van der Waals surface area contributed by atoms with Crippen molar-refractivity contribution in [3.05, 3.63) is 35.0 Å². The Kier molecular flexibility index (Phi) is 6.21. The van der Waals surface area contributed by atoms with Crippen molar-refractivity contribution in [2.45, 2.75) is 50.1 Å². The number of carbonyl (C=O) groups excluding carboxylic acids is 1. The fraction of sp³-hybridized carbons (Fsp3) is 0.571. The van der Waals surface area contributed by atoms with E-state index in [2.05, 4.69) is 43.1 Å². The number of carbonyl (C=O) groups is 1. The largest absolute Gasteiger partial charge is 0.370 e. The predicted octanol–water partition coefficient (Wildman–Crippen LogP) is 3.77. The highest BCUT2D eigenvalue weighted by Gasteiger charge is 2.43. The van der Waals surface area contributed by atoms with Gasteiger partial charge in [-0.1, -0.05) is 6.42 Å². The Hall–Kier alpha value is -2.82. The van der Waals surface area contributed by atoms with Crippen molar-refractivity contribution in [2.75, 3.05) is 63.6 Å². The van der Waals surface area contributed by atoms with Crippen LogP contribution in [0.3, 0.4) is 0 Å². The summed E-state index contributed by atoms with van der Waals surface area (Å²) >= 11 is 1.53. The standard InChI is InChI=1S/C28H36N8OS/c1-33-12-14-36(15-13-33)18-8-10-35(11-9-18)19-6-7-23(29-16-19)31-28-30-17-22-25(32-28)24-20-4-3-5-21(20)34(2)27(37)26(24)38-22/h6-7,16-18,20-21H,3-5,8-15H2,1-2H3,(H,29,30,31,32). The molecule has 2 saturated heterocycles. The summed E-state index contributed by atoms with van der Waals surface area (Å²) in [4.78, 5) is 37.5. The van der Waals surface area contributed by atoms with Gasteiger partial charge in [0.25, 0.3) is 5.91 Å². The molecular formula is C28H36N8OS. The molecule has 3 aromatic heterocycles. The summed E-state index contributed by atoms with van der Waals surface area (Å²) in [5, 5.41) is 3.30. The molecule has 1 amide bonds. The topological polar surface area (TPSA) is 80.7 Å². The van der Waals surface area contributed by atoms with E-state index in [0.717, 1.165) is 58.8 Å². The molecule has 3 fully saturated rings. The fourth-order valence-corrected chi connectivity index (χ4v) is 8.13. The van der Waals surface area contributed by atoms with Crippen LogP contribution in [0.25, 0.3) is 10.2 Å². The summed E-state index contributed by atoms with van der Waals surface area (Å²) in [5.41, 5.74) is 3.25. The lowest BCUT2D eigenvalue weighted by Crippen LogP contribution is -2.52. The van der Waals surface area contributed by atoms with Crippen LogP contribution in [0, 0.1) is 0 Å². The lowest BCUT2D eigenvalue weighted by atomic mass is 9.89. The van der Waals surface area contributed by atoms with Gasteiger partial charge in [0, 0.05) is 69.9 Å². The number of nitrogens with one attached hydrogen (secondary N) is 1. The summed E-state index contributed by atoms with van der Waals surface area (Å²) in [5.74, 6) is 1.78. The number of piperazine rings is 1. The maximum atomic E-state index is 13.0. The Bertz CT molecular complexity index is 1330. The van der Waals surface area contributed by atoms with Crippen LogP contribution in [0.1, 0.15) is 53.3 Å². The van der Waals surface area contributed by atoms with Crippen LogP contribution < -0.4 is 10.2 Å². The maximum Gasteiger partial charge on any atom is 0.264 e. The van der Waals surface area contributed by atoms with Crippen LogP contribution in [0.4, 0.5) is 17.5 Å². The van der Waals surface area contributed by atoms with Crippen molar-refractivity contribution in [3.8, 4) is 0 Å². The normalized spacial score (nSPS) is 25.2. The number of rotatable bonds is 4. The molecule has 0 spiro atoms. The predicted molar refractivity (Wildman–Crippen MR) is 152 cm³/mol. The first-order valence-electron chi connectivity index (χ1n) is 14.0. The van der Waals surface area contributed by atoms with Gasteiger partial charge in [-0.2, -0.15) is 0 Å². The van der Waals surface area contributed by atoms with Gasteiger partial charge in [0.1, 0.15) is 5.82 Å². The van der Waals surface area contributed by atoms with E-state index in [1.807, 2.05) is 30.4 Å². The van der Waals surface area contributed by atoms with Crippen molar-refractivity contribution < 1.29 is 4.79 Å². The second-order valence-corrected chi connectivity index (χ2v) is 12.4. The first-order chi connectivity index (χ1) is 18.5. The molecule has 2 atom stereocenters. The molecule has 7 rings (SSSR count). The first-order valence-corrected chi connectivity index (χ1v) is 14.8. The number of amides is 1. The number of nitrogens with zero attached hydrogens (tertiary/aromatic N) is 7. The van der Waals surface area contributed by atoms with Crippen LogP contribution in [-0.4, -0.2) is 101 Å². The molecule has 3 aliphatic heterocycles. The van der Waals surface area contributed by atoms with Crippen LogP contribution in [0.5, 0.6) is 0 Å². The molecule has 3 aromatic rings. The number of hydrogen-bond acceptors (Lipinski definition) is 9. The van der Waals surface area contributed by atoms with Gasteiger partial charge in [0.2, 0.25) is 5.95 Å². The molecule has 4 aliphatic rings. The Balaban J connectivity index is 1.04. The number of piperidine rings is 1. The van der Waals surface area contributed by atoms with E-state index < -0.39 is 0 Å². The van der Waals surface area contributed by atoms with Crippen molar-refractivity contribution in [1.82, 2.24) is 29.7 Å². The zero-order valence-corrected chi connectivity index (χ0v) is 23.1. The molecule has 2 unspecified atom stereocenters. The minimum atomic E-state index is 0.130. The maximum absolute atomic E-state index is 13.0. The van der Waals surface area contributed by atoms with E-state index >= 15 is 0 Å². The summed E-state index contributed by atoms with van der Waals surface area (Å²) in [6.45, 7) is 6.90. The average Bonchev–Trinajstić information content (AvgIpc) is 3.58. The van der Waals surface area contributed by atoms with E-state index in [-0.39, 0.29) is 5.91 Å². The van der Waals surface area contributed by atoms with Gasteiger partial charge < -0.3 is 20.0 Å². The molecule has 38 heavy (non-hydrogen) atoms. The Morgan fingerprint density at radius 1 is 0.947 bits per heavy atom. The van der Waals surface area contributed by atoms with E-state index in [4.69, 9.17) is 4.98 Å². The molecule has 0 radical (unpaired) electrons. The minimum absolute atomic E-state index is 0.130. The Morgan fingerprint density at radius 2 is 1.76 bits per heavy atom. The van der Waals surface area contributed by atoms with Gasteiger partial charge >= 0.3 is 0 Å². The van der Waals surface area contributed by atoms with Crippen LogP contribution in [0.2, 0.25) is 0 Å². The zero-order valence-electron chi connectivity index (χ0n) is 22.3. The summed E-state index contributed by atoms with van der Waals surface area (Å²) in [6, 6.07) is 5.16. The van der Waals surface area contributed by atoms with Crippen LogP contribution >= 0.6 is 11.3 Å². The highest BCUT2D eigenvalue weighted by Crippen LogP contribution is 2.48. The molecule has 6 heterocycles. The van der Waals surface area contributed by atoms with Crippen molar-refractivity contribution >= 4 is 44.9 Å². The van der Waals surface area contributed by atoms with Crippen molar-refractivity contribution in [3.63, 3.8) is 0 Å². The fourth-order valence-electron chi connectivity index (χ4n) is 6.96. The molecule has 200 valence electrons. The molecule has 1 aliphatic carbocycles. The SMILES string of the molecule is CN1CCN(C2CCN(c3ccc(Nc4ncc5sc6c(c5n4)C4CCCC4N(C)C6=O)nc3)CC2)CC1. The van der Waals surface area contributed by atoms with Gasteiger partial charge in [0.15, 0.2) is 0 Å². The monoisotopic (exact) mass is 532 g/mol. The van der Waals surface area contributed by atoms with E-state index in [1.165, 1.54) is 56.0 Å². The van der Waals surface area contributed by atoms with Gasteiger partial charge in [-0.15, -0.1) is 11.3 Å². The first kappa shape index (κ1) is 24.2. The van der Waals surface area contributed by atoms with E-state index in [0.29, 0.717) is 23.9 Å². The van der Waals surface area contributed by atoms with Gasteiger partial charge in [-0.3, -0.25) is 9.69 Å². The average molecular weight is 533 g/mol. The smallest absolute Gasteiger partial charge is 0.264 e. The van der Waals surface area contributed by atoms with Gasteiger partial charge in [-0.25, -0.2) is 15.0 Å². The molecule has 9 nitrogen and oxygen atoms in total. The second-order valence-electron chi connectivity index (χ2n) is 11.4. The number of fused-ring (bicyclic) bond motifs is 5. The number of hydrogen-bond donors (Lipinski definition) is 1. The Labute approximate surface area is 227 Å². The molecule has 10 heteroatoms. The second kappa shape index (κ2) is 9.73. The van der Waals surface area contributed by atoms with Crippen LogP contribution in [0.15, 0.2) is 24.5 Å². The third-order valence-electron chi connectivity index (χ3n) is 9.20. The summed E-state index contributed by atoms with van der Waals surface area (Å²) in [7, 11) is 4.17. The van der Waals surface area contributed by atoms with Crippen LogP contribution in [-0.2, 0) is 0 Å². The van der Waals surface area contributed by atoms with E-state index in [1.54, 1.807) is 0 Å². The number of pyridine rings is 1. The van der Waals surface area contributed by atoms with Crippen molar-refractivity contribution in [2.24, 2.45) is 0 Å². The number of likely N-dealkylation sites (N-methyl/N-ethyl adjacent to an activating group) is 2. The van der Waals surface area contributed by atoms with Gasteiger partial charge in [-0.05, 0) is 44.9 Å². The lowest BCUT2D eigenvalue weighted by Gasteiger charge is -2.42. The molecule has 1 N–H and O–H groups in total.